The van der Waals surface area contributed by atoms with Gasteiger partial charge in [-0.3, -0.25) is 0 Å². The Balaban J connectivity index is 3.21. The summed E-state index contributed by atoms with van der Waals surface area (Å²) in [5, 5.41) is 0.729. The minimum atomic E-state index is -0.335. The third-order valence-corrected chi connectivity index (χ3v) is 2.86. The first-order valence-electron chi connectivity index (χ1n) is 5.04. The molecule has 0 bridgehead atoms. The second kappa shape index (κ2) is 5.89. The Hall–Kier alpha value is -1.03. The van der Waals surface area contributed by atoms with E-state index in [9.17, 15) is 4.79 Å². The molecule has 3 nitrogen and oxygen atoms in total. The van der Waals surface area contributed by atoms with Crippen molar-refractivity contribution in [3.8, 4) is 5.75 Å². The van der Waals surface area contributed by atoms with E-state index in [2.05, 4.69) is 15.9 Å². The maximum Gasteiger partial charge on any atom is 0.342 e. The third kappa shape index (κ3) is 2.76. The van der Waals surface area contributed by atoms with Crippen molar-refractivity contribution in [2.45, 2.75) is 19.2 Å². The number of benzene rings is 1. The number of aryl methyl sites for hydroxylation is 1. The zero-order valence-electron chi connectivity index (χ0n) is 9.67. The van der Waals surface area contributed by atoms with E-state index >= 15 is 0 Å². The fourth-order valence-electron chi connectivity index (χ4n) is 1.53. The maximum absolute atomic E-state index is 11.7. The van der Waals surface area contributed by atoms with Crippen molar-refractivity contribution in [2.24, 2.45) is 0 Å². The number of rotatable bonds is 4. The smallest absolute Gasteiger partial charge is 0.342 e. The van der Waals surface area contributed by atoms with Crippen molar-refractivity contribution in [3.05, 3.63) is 28.8 Å². The van der Waals surface area contributed by atoms with Gasteiger partial charge in [-0.15, -0.1) is 0 Å². The predicted molar refractivity (Wildman–Crippen MR) is 66.3 cm³/mol. The van der Waals surface area contributed by atoms with Crippen molar-refractivity contribution in [1.82, 2.24) is 0 Å². The minimum absolute atomic E-state index is 0.335. The van der Waals surface area contributed by atoms with Crippen LogP contribution < -0.4 is 4.74 Å². The van der Waals surface area contributed by atoms with Crippen molar-refractivity contribution in [3.63, 3.8) is 0 Å². The quantitative estimate of drug-likeness (QED) is 0.630. The van der Waals surface area contributed by atoms with Gasteiger partial charge in [-0.1, -0.05) is 22.0 Å². The summed E-state index contributed by atoms with van der Waals surface area (Å²) in [5.41, 5.74) is 2.45. The molecule has 0 saturated carbocycles. The Kier molecular flexibility index (Phi) is 4.80. The van der Waals surface area contributed by atoms with Crippen molar-refractivity contribution in [1.29, 1.82) is 0 Å². The van der Waals surface area contributed by atoms with Crippen LogP contribution in [0.15, 0.2) is 12.1 Å². The Bertz CT molecular complexity index is 388. The van der Waals surface area contributed by atoms with Gasteiger partial charge in [0, 0.05) is 5.33 Å². The molecule has 0 aliphatic rings. The number of methoxy groups -OCH3 is 1. The predicted octanol–water partition coefficient (Wildman–Crippen LogP) is 3.08. The molecule has 0 atom stereocenters. The van der Waals surface area contributed by atoms with Crippen molar-refractivity contribution >= 4 is 21.9 Å². The van der Waals surface area contributed by atoms with Crippen LogP contribution in [0, 0.1) is 6.92 Å². The van der Waals surface area contributed by atoms with Crippen LogP contribution in [0.4, 0.5) is 0 Å². The Morgan fingerprint density at radius 3 is 2.62 bits per heavy atom. The van der Waals surface area contributed by atoms with Crippen LogP contribution in [0.25, 0.3) is 0 Å². The number of hydrogen-bond donors (Lipinski definition) is 0. The first-order chi connectivity index (χ1) is 7.63. The van der Waals surface area contributed by atoms with Crippen LogP contribution in [-0.2, 0) is 10.1 Å². The molecule has 0 unspecified atom stereocenters. The first kappa shape index (κ1) is 13.0. The van der Waals surface area contributed by atoms with Gasteiger partial charge in [0.25, 0.3) is 0 Å². The van der Waals surface area contributed by atoms with Gasteiger partial charge in [0.05, 0.1) is 13.7 Å². The molecule has 0 heterocycles. The second-order valence-electron chi connectivity index (χ2n) is 3.34. The van der Waals surface area contributed by atoms with Crippen molar-refractivity contribution in [2.75, 3.05) is 13.7 Å². The van der Waals surface area contributed by atoms with Crippen LogP contribution in [-0.4, -0.2) is 19.7 Å². The lowest BCUT2D eigenvalue weighted by atomic mass is 10.0. The zero-order valence-corrected chi connectivity index (χ0v) is 11.3. The molecular formula is C12H15BrO3. The summed E-state index contributed by atoms with van der Waals surface area (Å²) in [6.07, 6.45) is 0. The molecule has 4 heteroatoms. The number of halogens is 1. The molecule has 0 aliphatic carbocycles. The molecular weight excluding hydrogens is 272 g/mol. The number of carbonyl (C=O) groups is 1. The van der Waals surface area contributed by atoms with Gasteiger partial charge in [-0.05, 0) is 31.0 Å². The third-order valence-electron chi connectivity index (χ3n) is 2.21. The van der Waals surface area contributed by atoms with Gasteiger partial charge in [-0.25, -0.2) is 4.79 Å². The molecule has 1 aromatic rings. The molecule has 0 aliphatic heterocycles. The van der Waals surface area contributed by atoms with Gasteiger partial charge < -0.3 is 9.47 Å². The number of carbonyl (C=O) groups excluding carboxylic acids is 1. The summed E-state index contributed by atoms with van der Waals surface area (Å²) < 4.78 is 10.2. The lowest BCUT2D eigenvalue weighted by Gasteiger charge is -2.12. The highest BCUT2D eigenvalue weighted by atomic mass is 79.9. The van der Waals surface area contributed by atoms with E-state index in [-0.39, 0.29) is 5.97 Å². The molecule has 0 spiro atoms. The van der Waals surface area contributed by atoms with E-state index in [0.29, 0.717) is 17.9 Å². The molecule has 0 fully saturated rings. The zero-order chi connectivity index (χ0) is 12.1. The average Bonchev–Trinajstić information content (AvgIpc) is 2.27. The monoisotopic (exact) mass is 286 g/mol. The lowest BCUT2D eigenvalue weighted by Crippen LogP contribution is -2.09. The normalized spacial score (nSPS) is 10.0. The molecule has 0 amide bonds. The molecule has 1 rings (SSSR count). The van der Waals surface area contributed by atoms with E-state index in [0.717, 1.165) is 16.5 Å². The lowest BCUT2D eigenvalue weighted by molar-refractivity contribution is 0.0522. The summed E-state index contributed by atoms with van der Waals surface area (Å²) >= 11 is 3.38. The summed E-state index contributed by atoms with van der Waals surface area (Å²) in [5.74, 6) is 0.228. The average molecular weight is 287 g/mol. The van der Waals surface area contributed by atoms with Gasteiger partial charge >= 0.3 is 5.97 Å². The molecule has 0 N–H and O–H groups in total. The van der Waals surface area contributed by atoms with Crippen LogP contribution in [0.2, 0.25) is 0 Å². The highest BCUT2D eigenvalue weighted by Gasteiger charge is 2.17. The molecule has 0 aromatic heterocycles. The van der Waals surface area contributed by atoms with Crippen LogP contribution in [0.1, 0.15) is 28.4 Å². The maximum atomic E-state index is 11.7. The Morgan fingerprint density at radius 1 is 1.44 bits per heavy atom. The number of hydrogen-bond acceptors (Lipinski definition) is 3. The topological polar surface area (TPSA) is 35.5 Å². The molecule has 0 radical (unpaired) electrons. The molecule has 1 aromatic carbocycles. The van der Waals surface area contributed by atoms with Gasteiger partial charge in [0.15, 0.2) is 0 Å². The summed E-state index contributed by atoms with van der Waals surface area (Å²) in [6, 6.07) is 3.79. The summed E-state index contributed by atoms with van der Waals surface area (Å²) in [6.45, 7) is 4.02. The fraction of sp³-hybridized carbons (Fsp3) is 0.417. The summed E-state index contributed by atoms with van der Waals surface area (Å²) in [4.78, 5) is 11.7. The van der Waals surface area contributed by atoms with E-state index < -0.39 is 0 Å². The Labute approximate surface area is 104 Å². The standard InChI is InChI=1S/C12H15BrO3/c1-4-16-12(14)11-8(2)5-9(7-13)6-10(11)15-3/h5-6H,4,7H2,1-3H3. The van der Waals surface area contributed by atoms with Gasteiger partial charge in [0.2, 0.25) is 0 Å². The molecule has 0 saturated heterocycles. The van der Waals surface area contributed by atoms with Crippen LogP contribution in [0.5, 0.6) is 5.75 Å². The highest BCUT2D eigenvalue weighted by Crippen LogP contribution is 2.26. The second-order valence-corrected chi connectivity index (χ2v) is 3.90. The van der Waals surface area contributed by atoms with Gasteiger partial charge in [0.1, 0.15) is 11.3 Å². The largest absolute Gasteiger partial charge is 0.496 e. The van der Waals surface area contributed by atoms with Crippen molar-refractivity contribution < 1.29 is 14.3 Å². The van der Waals surface area contributed by atoms with Gasteiger partial charge in [-0.2, -0.15) is 0 Å². The highest BCUT2D eigenvalue weighted by molar-refractivity contribution is 9.08. The minimum Gasteiger partial charge on any atom is -0.496 e. The van der Waals surface area contributed by atoms with Crippen LogP contribution >= 0.6 is 15.9 Å². The van der Waals surface area contributed by atoms with Crippen LogP contribution in [0.3, 0.4) is 0 Å². The number of esters is 1. The SMILES string of the molecule is CCOC(=O)c1c(C)cc(CBr)cc1OC. The fourth-order valence-corrected chi connectivity index (χ4v) is 1.85. The van der Waals surface area contributed by atoms with E-state index in [1.54, 1.807) is 14.0 Å². The first-order valence-corrected chi connectivity index (χ1v) is 6.16. The molecule has 88 valence electrons. The van der Waals surface area contributed by atoms with E-state index in [1.807, 2.05) is 19.1 Å². The number of alkyl halides is 1. The van der Waals surface area contributed by atoms with E-state index in [4.69, 9.17) is 9.47 Å². The number of ether oxygens (including phenoxy) is 2. The molecule has 16 heavy (non-hydrogen) atoms. The Morgan fingerprint density at radius 2 is 2.12 bits per heavy atom. The van der Waals surface area contributed by atoms with E-state index in [1.165, 1.54) is 0 Å². The summed E-state index contributed by atoms with van der Waals surface area (Å²) in [7, 11) is 1.55.